The number of piperidine rings is 1. The Morgan fingerprint density at radius 2 is 1.82 bits per heavy atom. The van der Waals surface area contributed by atoms with Crippen LogP contribution in [-0.4, -0.2) is 18.5 Å². The number of rotatable bonds is 1. The summed E-state index contributed by atoms with van der Waals surface area (Å²) in [4.78, 5) is 2.51. The Labute approximate surface area is 103 Å². The minimum Gasteiger partial charge on any atom is -0.299 e. The average Bonchev–Trinajstić information content (AvgIpc) is 2.39. The minimum absolute atomic E-state index is 0.606. The number of hydrogen-bond acceptors (Lipinski definition) is 1. The van der Waals surface area contributed by atoms with Gasteiger partial charge in [-0.05, 0) is 42.8 Å². The van der Waals surface area contributed by atoms with E-state index in [2.05, 4.69) is 54.4 Å². The van der Waals surface area contributed by atoms with Gasteiger partial charge in [-0.15, -0.1) is 0 Å². The van der Waals surface area contributed by atoms with Crippen LogP contribution in [0.15, 0.2) is 42.5 Å². The summed E-state index contributed by atoms with van der Waals surface area (Å²) < 4.78 is 0. The molecule has 2 aromatic carbocycles. The van der Waals surface area contributed by atoms with E-state index in [1.54, 1.807) is 0 Å². The van der Waals surface area contributed by atoms with Gasteiger partial charge in [-0.25, -0.2) is 0 Å². The van der Waals surface area contributed by atoms with Gasteiger partial charge in [0.25, 0.3) is 0 Å². The maximum Gasteiger partial charge on any atom is 0.0351 e. The molecule has 3 rings (SSSR count). The lowest BCUT2D eigenvalue weighted by atomic mass is 9.92. The van der Waals surface area contributed by atoms with Gasteiger partial charge in [-0.3, -0.25) is 4.90 Å². The first kappa shape index (κ1) is 10.8. The fourth-order valence-electron chi connectivity index (χ4n) is 3.01. The first-order valence-electron chi connectivity index (χ1n) is 6.54. The van der Waals surface area contributed by atoms with Crippen LogP contribution >= 0.6 is 0 Å². The third-order valence-electron chi connectivity index (χ3n) is 3.95. The summed E-state index contributed by atoms with van der Waals surface area (Å²) in [6.07, 6.45) is 4.00. The fraction of sp³-hybridized carbons (Fsp3) is 0.375. The zero-order valence-electron chi connectivity index (χ0n) is 10.4. The summed E-state index contributed by atoms with van der Waals surface area (Å²) in [5.41, 5.74) is 1.50. The van der Waals surface area contributed by atoms with Crippen molar-refractivity contribution in [2.75, 3.05) is 13.6 Å². The fourth-order valence-corrected chi connectivity index (χ4v) is 3.01. The van der Waals surface area contributed by atoms with Crippen molar-refractivity contribution in [1.29, 1.82) is 0 Å². The Hall–Kier alpha value is -1.34. The van der Waals surface area contributed by atoms with Crippen LogP contribution in [0, 0.1) is 0 Å². The Morgan fingerprint density at radius 1 is 1.00 bits per heavy atom. The van der Waals surface area contributed by atoms with E-state index in [9.17, 15) is 0 Å². The molecule has 1 atom stereocenters. The van der Waals surface area contributed by atoms with Gasteiger partial charge in [0.05, 0.1) is 0 Å². The van der Waals surface area contributed by atoms with Crippen molar-refractivity contribution in [3.8, 4) is 0 Å². The number of benzene rings is 2. The molecule has 17 heavy (non-hydrogen) atoms. The van der Waals surface area contributed by atoms with Crippen LogP contribution < -0.4 is 0 Å². The smallest absolute Gasteiger partial charge is 0.0351 e. The molecule has 1 fully saturated rings. The Kier molecular flexibility index (Phi) is 2.86. The summed E-state index contributed by atoms with van der Waals surface area (Å²) in [5, 5.41) is 2.79. The molecule has 0 aliphatic carbocycles. The molecule has 0 bridgehead atoms. The van der Waals surface area contributed by atoms with E-state index < -0.39 is 0 Å². The topological polar surface area (TPSA) is 3.24 Å². The second-order valence-corrected chi connectivity index (χ2v) is 5.06. The van der Waals surface area contributed by atoms with Gasteiger partial charge in [0.1, 0.15) is 0 Å². The molecule has 0 spiro atoms. The lowest BCUT2D eigenvalue weighted by Gasteiger charge is -2.33. The van der Waals surface area contributed by atoms with Crippen molar-refractivity contribution < 1.29 is 0 Å². The van der Waals surface area contributed by atoms with Gasteiger partial charge in [-0.1, -0.05) is 48.9 Å². The van der Waals surface area contributed by atoms with Crippen LogP contribution in [-0.2, 0) is 0 Å². The maximum atomic E-state index is 2.51. The van der Waals surface area contributed by atoms with Crippen molar-refractivity contribution >= 4 is 10.8 Å². The van der Waals surface area contributed by atoms with E-state index in [-0.39, 0.29) is 0 Å². The van der Waals surface area contributed by atoms with Gasteiger partial charge in [-0.2, -0.15) is 0 Å². The Bertz CT molecular complexity index is 512. The molecule has 88 valence electrons. The molecule has 0 aromatic heterocycles. The lowest BCUT2D eigenvalue weighted by molar-refractivity contribution is 0.188. The predicted molar refractivity (Wildman–Crippen MR) is 73.2 cm³/mol. The highest BCUT2D eigenvalue weighted by molar-refractivity contribution is 5.86. The molecular weight excluding hydrogens is 206 g/mol. The van der Waals surface area contributed by atoms with Crippen LogP contribution in [0.5, 0.6) is 0 Å². The summed E-state index contributed by atoms with van der Waals surface area (Å²) in [6.45, 7) is 1.23. The molecular formula is C16H19N. The van der Waals surface area contributed by atoms with Crippen LogP contribution in [0.25, 0.3) is 10.8 Å². The minimum atomic E-state index is 0.606. The zero-order chi connectivity index (χ0) is 11.7. The predicted octanol–water partition coefficient (Wildman–Crippen LogP) is 4.00. The summed E-state index contributed by atoms with van der Waals surface area (Å²) in [7, 11) is 2.26. The molecule has 1 nitrogen and oxygen atoms in total. The average molecular weight is 225 g/mol. The summed E-state index contributed by atoms with van der Waals surface area (Å²) in [5.74, 6) is 0. The van der Waals surface area contributed by atoms with Crippen molar-refractivity contribution in [3.63, 3.8) is 0 Å². The number of likely N-dealkylation sites (tertiary alicyclic amines) is 1. The molecule has 1 saturated heterocycles. The van der Waals surface area contributed by atoms with Crippen molar-refractivity contribution in [1.82, 2.24) is 4.90 Å². The maximum absolute atomic E-state index is 2.51. The number of hydrogen-bond donors (Lipinski definition) is 0. The summed E-state index contributed by atoms with van der Waals surface area (Å²) >= 11 is 0. The van der Waals surface area contributed by atoms with E-state index >= 15 is 0 Å². The SMILES string of the molecule is CN1CCCCC1c1cccc2ccccc12. The summed E-state index contributed by atoms with van der Waals surface area (Å²) in [6, 6.07) is 16.0. The van der Waals surface area contributed by atoms with Crippen LogP contribution in [0.3, 0.4) is 0 Å². The highest BCUT2D eigenvalue weighted by Crippen LogP contribution is 2.33. The van der Waals surface area contributed by atoms with Gasteiger partial charge in [0, 0.05) is 6.04 Å². The molecule has 1 heteroatoms. The first-order valence-corrected chi connectivity index (χ1v) is 6.54. The van der Waals surface area contributed by atoms with Crippen LogP contribution in [0.4, 0.5) is 0 Å². The number of fused-ring (bicyclic) bond motifs is 1. The van der Waals surface area contributed by atoms with E-state index in [1.165, 1.54) is 42.1 Å². The van der Waals surface area contributed by atoms with Gasteiger partial charge in [0.2, 0.25) is 0 Å². The first-order chi connectivity index (χ1) is 8.36. The van der Waals surface area contributed by atoms with Crippen LogP contribution in [0.2, 0.25) is 0 Å². The van der Waals surface area contributed by atoms with Crippen molar-refractivity contribution in [2.45, 2.75) is 25.3 Å². The van der Waals surface area contributed by atoms with Gasteiger partial charge < -0.3 is 0 Å². The third-order valence-corrected chi connectivity index (χ3v) is 3.95. The highest BCUT2D eigenvalue weighted by atomic mass is 15.1. The Balaban J connectivity index is 2.10. The van der Waals surface area contributed by atoms with Gasteiger partial charge in [0.15, 0.2) is 0 Å². The second kappa shape index (κ2) is 4.50. The molecule has 1 heterocycles. The lowest BCUT2D eigenvalue weighted by Crippen LogP contribution is -2.29. The Morgan fingerprint density at radius 3 is 2.71 bits per heavy atom. The zero-order valence-corrected chi connectivity index (χ0v) is 10.4. The standard InChI is InChI=1S/C16H19N/c1-17-12-5-4-11-16(17)15-10-6-8-13-7-2-3-9-14(13)15/h2-3,6-10,16H,4-5,11-12H2,1H3. The van der Waals surface area contributed by atoms with E-state index in [1.807, 2.05) is 0 Å². The van der Waals surface area contributed by atoms with E-state index in [0.29, 0.717) is 6.04 Å². The highest BCUT2D eigenvalue weighted by Gasteiger charge is 2.21. The third kappa shape index (κ3) is 1.96. The normalized spacial score (nSPS) is 21.8. The molecule has 1 aliphatic rings. The molecule has 0 radical (unpaired) electrons. The molecule has 0 saturated carbocycles. The monoisotopic (exact) mass is 225 g/mol. The van der Waals surface area contributed by atoms with Crippen LogP contribution in [0.1, 0.15) is 30.9 Å². The number of nitrogens with zero attached hydrogens (tertiary/aromatic N) is 1. The van der Waals surface area contributed by atoms with Gasteiger partial charge >= 0.3 is 0 Å². The quantitative estimate of drug-likeness (QED) is 0.709. The molecule has 0 amide bonds. The largest absolute Gasteiger partial charge is 0.299 e. The van der Waals surface area contributed by atoms with E-state index in [4.69, 9.17) is 0 Å². The van der Waals surface area contributed by atoms with E-state index in [0.717, 1.165) is 0 Å². The second-order valence-electron chi connectivity index (χ2n) is 5.06. The molecule has 1 aliphatic heterocycles. The van der Waals surface area contributed by atoms with Crippen molar-refractivity contribution in [3.05, 3.63) is 48.0 Å². The van der Waals surface area contributed by atoms with Crippen molar-refractivity contribution in [2.24, 2.45) is 0 Å². The molecule has 1 unspecified atom stereocenters. The molecule has 0 N–H and O–H groups in total. The molecule has 2 aromatic rings.